The largest absolute Gasteiger partial charge is 0.343 e. The van der Waals surface area contributed by atoms with E-state index in [9.17, 15) is 4.79 Å². The number of aryl methyl sites for hydroxylation is 2. The summed E-state index contributed by atoms with van der Waals surface area (Å²) >= 11 is 6.27. The van der Waals surface area contributed by atoms with Crippen molar-refractivity contribution in [3.63, 3.8) is 0 Å². The van der Waals surface area contributed by atoms with Gasteiger partial charge in [-0.25, -0.2) is 0 Å². The molecular formula is C14H25ClN4O. The Morgan fingerprint density at radius 3 is 2.50 bits per heavy atom. The number of amides is 1. The Hall–Kier alpha value is -1.07. The number of nitrogens with zero attached hydrogens (tertiary/aromatic N) is 3. The van der Waals surface area contributed by atoms with Crippen LogP contribution in [0.5, 0.6) is 0 Å². The maximum Gasteiger partial charge on any atom is 0.223 e. The fraction of sp³-hybridized carbons (Fsp3) is 0.714. The molecule has 0 bridgehead atoms. The summed E-state index contributed by atoms with van der Waals surface area (Å²) in [4.78, 5) is 13.7. The first-order valence-corrected chi connectivity index (χ1v) is 7.61. The molecule has 0 atom stereocenters. The highest BCUT2D eigenvalue weighted by Gasteiger charge is 2.13. The van der Waals surface area contributed by atoms with Gasteiger partial charge in [0.05, 0.1) is 16.4 Å². The molecule has 0 saturated carbocycles. The van der Waals surface area contributed by atoms with Crippen LogP contribution in [0.25, 0.3) is 0 Å². The third-order valence-electron chi connectivity index (χ3n) is 3.43. The van der Waals surface area contributed by atoms with Crippen LogP contribution in [0.3, 0.4) is 0 Å². The maximum atomic E-state index is 11.8. The van der Waals surface area contributed by atoms with Gasteiger partial charge in [0.15, 0.2) is 0 Å². The second-order valence-corrected chi connectivity index (χ2v) is 5.06. The van der Waals surface area contributed by atoms with Crippen molar-refractivity contribution in [1.29, 1.82) is 0 Å². The summed E-state index contributed by atoms with van der Waals surface area (Å²) in [6.45, 7) is 8.85. The molecule has 0 aliphatic heterocycles. The molecule has 0 aliphatic carbocycles. The molecule has 0 aliphatic rings. The number of carbonyl (C=O) groups is 1. The van der Waals surface area contributed by atoms with Crippen molar-refractivity contribution < 1.29 is 4.79 Å². The number of carbonyl (C=O) groups excluding carboxylic acids is 1. The lowest BCUT2D eigenvalue weighted by Crippen LogP contribution is -2.32. The highest BCUT2D eigenvalue weighted by molar-refractivity contribution is 6.31. The van der Waals surface area contributed by atoms with Crippen LogP contribution in [0.15, 0.2) is 0 Å². The van der Waals surface area contributed by atoms with Crippen LogP contribution in [0.1, 0.15) is 38.6 Å². The fourth-order valence-corrected chi connectivity index (χ4v) is 2.51. The molecule has 0 radical (unpaired) electrons. The Balaban J connectivity index is 2.42. The summed E-state index contributed by atoms with van der Waals surface area (Å²) in [7, 11) is 1.89. The van der Waals surface area contributed by atoms with Crippen molar-refractivity contribution in [3.8, 4) is 0 Å². The first-order chi connectivity index (χ1) is 9.54. The Morgan fingerprint density at radius 1 is 1.35 bits per heavy atom. The minimum atomic E-state index is 0.188. The molecule has 0 fully saturated rings. The molecule has 6 heteroatoms. The van der Waals surface area contributed by atoms with Crippen LogP contribution >= 0.6 is 11.6 Å². The Morgan fingerprint density at radius 2 is 2.00 bits per heavy atom. The van der Waals surface area contributed by atoms with E-state index in [2.05, 4.69) is 10.4 Å². The lowest BCUT2D eigenvalue weighted by molar-refractivity contribution is -0.130. The van der Waals surface area contributed by atoms with E-state index in [0.29, 0.717) is 19.5 Å². The van der Waals surface area contributed by atoms with Gasteiger partial charge in [-0.05, 0) is 20.3 Å². The predicted octanol–water partition coefficient (Wildman–Crippen LogP) is 1.98. The highest BCUT2D eigenvalue weighted by Crippen LogP contribution is 2.20. The average Bonchev–Trinajstić information content (AvgIpc) is 2.71. The van der Waals surface area contributed by atoms with Gasteiger partial charge in [-0.3, -0.25) is 9.48 Å². The quantitative estimate of drug-likeness (QED) is 0.747. The van der Waals surface area contributed by atoms with E-state index in [4.69, 9.17) is 11.6 Å². The lowest BCUT2D eigenvalue weighted by atomic mass is 10.3. The summed E-state index contributed by atoms with van der Waals surface area (Å²) in [5.41, 5.74) is 1.89. The van der Waals surface area contributed by atoms with Gasteiger partial charge in [-0.1, -0.05) is 18.5 Å². The molecule has 1 N–H and O–H groups in total. The van der Waals surface area contributed by atoms with Crippen LogP contribution in [0.4, 0.5) is 0 Å². The first-order valence-electron chi connectivity index (χ1n) is 7.23. The second kappa shape index (κ2) is 8.27. The fourth-order valence-electron chi connectivity index (χ4n) is 2.15. The van der Waals surface area contributed by atoms with Gasteiger partial charge >= 0.3 is 0 Å². The third-order valence-corrected chi connectivity index (χ3v) is 3.86. The van der Waals surface area contributed by atoms with Gasteiger partial charge in [0.2, 0.25) is 5.91 Å². The van der Waals surface area contributed by atoms with Gasteiger partial charge in [0, 0.05) is 39.6 Å². The number of hydrogen-bond donors (Lipinski definition) is 1. The van der Waals surface area contributed by atoms with Crippen molar-refractivity contribution in [1.82, 2.24) is 20.0 Å². The number of hydrogen-bond acceptors (Lipinski definition) is 3. The van der Waals surface area contributed by atoms with E-state index < -0.39 is 0 Å². The monoisotopic (exact) mass is 300 g/mol. The molecule has 5 nitrogen and oxygen atoms in total. The molecule has 0 saturated heterocycles. The van der Waals surface area contributed by atoms with E-state index in [1.54, 1.807) is 4.68 Å². The van der Waals surface area contributed by atoms with E-state index in [-0.39, 0.29) is 5.91 Å². The minimum absolute atomic E-state index is 0.188. The van der Waals surface area contributed by atoms with Crippen molar-refractivity contribution in [2.24, 2.45) is 7.05 Å². The van der Waals surface area contributed by atoms with E-state index in [1.165, 1.54) is 0 Å². The third kappa shape index (κ3) is 4.21. The average molecular weight is 301 g/mol. The zero-order valence-corrected chi connectivity index (χ0v) is 13.6. The van der Waals surface area contributed by atoms with Crippen LogP contribution in [0, 0.1) is 0 Å². The van der Waals surface area contributed by atoms with Gasteiger partial charge in [0.25, 0.3) is 0 Å². The molecular weight excluding hydrogens is 276 g/mol. The summed E-state index contributed by atoms with van der Waals surface area (Å²) < 4.78 is 1.81. The van der Waals surface area contributed by atoms with Crippen molar-refractivity contribution in [3.05, 3.63) is 16.4 Å². The zero-order valence-electron chi connectivity index (χ0n) is 12.9. The standard InChI is InChI=1S/C14H25ClN4O/c1-5-11-14(15)12(18(4)17-11)10-16-9-8-13(20)19(6-2)7-3/h16H,5-10H2,1-4H3. The zero-order chi connectivity index (χ0) is 15.1. The van der Waals surface area contributed by atoms with Crippen LogP contribution in [-0.4, -0.2) is 40.2 Å². The molecule has 20 heavy (non-hydrogen) atoms. The number of halogens is 1. The summed E-state index contributed by atoms with van der Waals surface area (Å²) in [6.07, 6.45) is 1.34. The first kappa shape index (κ1) is 17.0. The number of rotatable bonds is 8. The lowest BCUT2D eigenvalue weighted by Gasteiger charge is -2.18. The normalized spacial score (nSPS) is 10.8. The summed E-state index contributed by atoms with van der Waals surface area (Å²) in [5, 5.41) is 8.36. The Labute approximate surface area is 126 Å². The number of aromatic nitrogens is 2. The summed E-state index contributed by atoms with van der Waals surface area (Å²) in [6, 6.07) is 0. The Kier molecular flexibility index (Phi) is 7.02. The van der Waals surface area contributed by atoms with Crippen molar-refractivity contribution in [2.45, 2.75) is 40.2 Å². The second-order valence-electron chi connectivity index (χ2n) is 4.68. The Bertz CT molecular complexity index is 441. The van der Waals surface area contributed by atoms with Gasteiger partial charge in [-0.2, -0.15) is 5.10 Å². The molecule has 1 aromatic rings. The van der Waals surface area contributed by atoms with Crippen LogP contribution < -0.4 is 5.32 Å². The minimum Gasteiger partial charge on any atom is -0.343 e. The smallest absolute Gasteiger partial charge is 0.223 e. The molecule has 0 aromatic carbocycles. The topological polar surface area (TPSA) is 50.2 Å². The summed E-state index contributed by atoms with van der Waals surface area (Å²) in [5.74, 6) is 0.188. The molecule has 1 aromatic heterocycles. The van der Waals surface area contributed by atoms with E-state index in [0.717, 1.165) is 35.9 Å². The van der Waals surface area contributed by atoms with Gasteiger partial charge < -0.3 is 10.2 Å². The van der Waals surface area contributed by atoms with Crippen molar-refractivity contribution in [2.75, 3.05) is 19.6 Å². The molecule has 0 spiro atoms. The van der Waals surface area contributed by atoms with Crippen molar-refractivity contribution >= 4 is 17.5 Å². The van der Waals surface area contributed by atoms with Crippen LogP contribution in [0.2, 0.25) is 5.02 Å². The highest BCUT2D eigenvalue weighted by atomic mass is 35.5. The predicted molar refractivity (Wildman–Crippen MR) is 81.8 cm³/mol. The molecule has 1 amide bonds. The van der Waals surface area contributed by atoms with E-state index >= 15 is 0 Å². The molecule has 0 unspecified atom stereocenters. The molecule has 1 rings (SSSR count). The number of nitrogens with one attached hydrogen (secondary N) is 1. The van der Waals surface area contributed by atoms with Gasteiger partial charge in [0.1, 0.15) is 0 Å². The SMILES string of the molecule is CCc1nn(C)c(CNCCC(=O)N(CC)CC)c1Cl. The molecule has 114 valence electrons. The van der Waals surface area contributed by atoms with E-state index in [1.807, 2.05) is 32.7 Å². The maximum absolute atomic E-state index is 11.8. The van der Waals surface area contributed by atoms with Crippen LogP contribution in [-0.2, 0) is 24.8 Å². The van der Waals surface area contributed by atoms with Gasteiger partial charge in [-0.15, -0.1) is 0 Å². The molecule has 1 heterocycles.